The smallest absolute Gasteiger partial charge is 0.251 e. The number of rotatable bonds is 12. The Hall–Kier alpha value is -4.04. The first-order valence-corrected chi connectivity index (χ1v) is 13.8. The number of amides is 1. The molecule has 3 aromatic rings. The van der Waals surface area contributed by atoms with Gasteiger partial charge >= 0.3 is 0 Å². The Morgan fingerprint density at radius 2 is 1.74 bits per heavy atom. The van der Waals surface area contributed by atoms with E-state index in [-0.39, 0.29) is 17.5 Å². The van der Waals surface area contributed by atoms with E-state index in [4.69, 9.17) is 15.6 Å². The van der Waals surface area contributed by atoms with Crippen molar-refractivity contribution in [1.82, 2.24) is 4.90 Å². The molecule has 0 aliphatic carbocycles. The van der Waals surface area contributed by atoms with Gasteiger partial charge in [0.25, 0.3) is 5.91 Å². The molecule has 3 N–H and O–H groups in total. The summed E-state index contributed by atoms with van der Waals surface area (Å²) in [7, 11) is -1.42. The fourth-order valence-corrected chi connectivity index (χ4v) is 4.68. The predicted octanol–water partition coefficient (Wildman–Crippen LogP) is 6.20. The Morgan fingerprint density at radius 1 is 1.03 bits per heavy atom. The molecular weight excluding hydrogens is 496 g/mol. The fraction of sp³-hybridized carbons (Fsp3) is 0.233. The Kier molecular flexibility index (Phi) is 10.5. The van der Waals surface area contributed by atoms with Crippen LogP contribution >= 0.6 is 0 Å². The summed E-state index contributed by atoms with van der Waals surface area (Å²) in [4.78, 5) is 14.8. The first-order chi connectivity index (χ1) is 18.3. The van der Waals surface area contributed by atoms with Gasteiger partial charge in [-0.2, -0.15) is 0 Å². The minimum Gasteiger partial charge on any atom is -0.494 e. The average Bonchev–Trinajstić information content (AvgIpc) is 2.93. The average molecular weight is 531 g/mol. The van der Waals surface area contributed by atoms with Gasteiger partial charge in [0.15, 0.2) is 0 Å². The van der Waals surface area contributed by atoms with E-state index in [1.165, 1.54) is 4.90 Å². The van der Waals surface area contributed by atoms with Crippen molar-refractivity contribution in [3.05, 3.63) is 83.9 Å². The number of nitrogens with one attached hydrogen (secondary N) is 3. The second-order valence-electron chi connectivity index (χ2n) is 8.66. The molecule has 3 rings (SSSR count). The van der Waals surface area contributed by atoms with Crippen molar-refractivity contribution in [3.63, 3.8) is 0 Å². The zero-order valence-electron chi connectivity index (χ0n) is 22.0. The van der Waals surface area contributed by atoms with Gasteiger partial charge < -0.3 is 15.0 Å². The van der Waals surface area contributed by atoms with Crippen LogP contribution < -0.4 is 10.1 Å². The third-order valence-corrected chi connectivity index (χ3v) is 7.11. The Bertz CT molecular complexity index is 1320. The molecule has 0 spiro atoms. The van der Waals surface area contributed by atoms with E-state index < -0.39 is 10.8 Å². The molecule has 0 radical (unpaired) electrons. The van der Waals surface area contributed by atoms with Gasteiger partial charge in [-0.1, -0.05) is 37.3 Å². The van der Waals surface area contributed by atoms with E-state index in [0.717, 1.165) is 35.2 Å². The van der Waals surface area contributed by atoms with Gasteiger partial charge in [-0.05, 0) is 85.5 Å². The molecule has 3 aromatic carbocycles. The highest BCUT2D eigenvalue weighted by atomic mass is 32.2. The number of ether oxygens (including phenoxy) is 1. The van der Waals surface area contributed by atoms with E-state index in [2.05, 4.69) is 12.2 Å². The predicted molar refractivity (Wildman–Crippen MR) is 157 cm³/mol. The van der Waals surface area contributed by atoms with Crippen LogP contribution in [-0.4, -0.2) is 46.1 Å². The van der Waals surface area contributed by atoms with E-state index in [0.29, 0.717) is 29.3 Å². The van der Waals surface area contributed by atoms with Crippen LogP contribution in [0.1, 0.15) is 32.8 Å². The third-order valence-electron chi connectivity index (χ3n) is 5.77. The number of anilines is 1. The lowest BCUT2D eigenvalue weighted by Crippen LogP contribution is -2.32. The molecule has 0 aromatic heterocycles. The van der Waals surface area contributed by atoms with Crippen LogP contribution in [0.15, 0.2) is 83.3 Å². The van der Waals surface area contributed by atoms with Crippen molar-refractivity contribution in [2.75, 3.05) is 24.2 Å². The maximum absolute atomic E-state index is 12.8. The molecule has 0 aliphatic rings. The zero-order valence-corrected chi connectivity index (χ0v) is 22.8. The number of nitrogens with zero attached hydrogens (tertiary/aromatic N) is 1. The number of carbonyl (C=O) groups excluding carboxylic acids is 1. The topological polar surface area (TPSA) is 106 Å². The molecular formula is C30H34N4O3S. The summed E-state index contributed by atoms with van der Waals surface area (Å²) in [6.07, 6.45) is 3.87. The standard InChI is InChI=1S/C30H34N4O3S/c1-4-17-37-27-13-9-24(10-14-27)25-8-6-7-23(19-25)18-22(3)30(35)33-26-11-15-28(16-12-26)38(36)20-29(32)34(5-2)21-31/h6-16,18-19,21,31-32H,4-5,17,20H2,1-3H3,(H,33,35)/b22-18+,31-21?,32-29?. The maximum atomic E-state index is 12.8. The van der Waals surface area contributed by atoms with Gasteiger partial charge in [0.2, 0.25) is 0 Å². The van der Waals surface area contributed by atoms with Gasteiger partial charge in [0.05, 0.1) is 29.5 Å². The highest BCUT2D eigenvalue weighted by molar-refractivity contribution is 7.85. The van der Waals surface area contributed by atoms with Gasteiger partial charge in [-0.15, -0.1) is 0 Å². The lowest BCUT2D eigenvalue weighted by Gasteiger charge is -2.17. The minimum absolute atomic E-state index is 0.0205. The van der Waals surface area contributed by atoms with E-state index in [1.54, 1.807) is 31.2 Å². The van der Waals surface area contributed by atoms with E-state index in [1.807, 2.05) is 61.5 Å². The molecule has 0 saturated heterocycles. The van der Waals surface area contributed by atoms with Crippen molar-refractivity contribution < 1.29 is 13.7 Å². The van der Waals surface area contributed by atoms with Gasteiger partial charge in [0.1, 0.15) is 11.6 Å². The molecule has 1 unspecified atom stereocenters. The quantitative estimate of drug-likeness (QED) is 0.147. The molecule has 1 amide bonds. The van der Waals surface area contributed by atoms with Gasteiger partial charge in [-0.3, -0.25) is 19.8 Å². The summed E-state index contributed by atoms with van der Waals surface area (Å²) in [6.45, 7) is 6.84. The van der Waals surface area contributed by atoms with E-state index in [9.17, 15) is 9.00 Å². The highest BCUT2D eigenvalue weighted by Gasteiger charge is 2.12. The zero-order chi connectivity index (χ0) is 27.5. The van der Waals surface area contributed by atoms with Crippen LogP contribution in [0.2, 0.25) is 0 Å². The second-order valence-corrected chi connectivity index (χ2v) is 10.1. The Balaban J connectivity index is 1.63. The van der Waals surface area contributed by atoms with E-state index >= 15 is 0 Å². The summed E-state index contributed by atoms with van der Waals surface area (Å²) in [5.41, 5.74) is 4.18. The number of hydrogen-bond acceptors (Lipinski definition) is 5. The molecule has 38 heavy (non-hydrogen) atoms. The molecule has 0 bridgehead atoms. The third kappa shape index (κ3) is 7.98. The van der Waals surface area contributed by atoms with Crippen molar-refractivity contribution in [3.8, 4) is 16.9 Å². The van der Waals surface area contributed by atoms with Crippen molar-refractivity contribution >= 4 is 40.6 Å². The second kappa shape index (κ2) is 14.0. The van der Waals surface area contributed by atoms with Gasteiger partial charge in [0, 0.05) is 22.7 Å². The monoisotopic (exact) mass is 530 g/mol. The van der Waals surface area contributed by atoms with Gasteiger partial charge in [-0.25, -0.2) is 0 Å². The van der Waals surface area contributed by atoms with Crippen LogP contribution in [0.25, 0.3) is 17.2 Å². The number of carbonyl (C=O) groups is 1. The molecule has 0 heterocycles. The van der Waals surface area contributed by atoms with Crippen LogP contribution in [0.5, 0.6) is 5.75 Å². The molecule has 7 nitrogen and oxygen atoms in total. The Morgan fingerprint density at radius 3 is 2.37 bits per heavy atom. The van der Waals surface area contributed by atoms with Crippen LogP contribution in [0, 0.1) is 10.8 Å². The number of benzene rings is 3. The molecule has 1 atom stereocenters. The first-order valence-electron chi connectivity index (χ1n) is 12.5. The number of hydrogen-bond donors (Lipinski definition) is 3. The lowest BCUT2D eigenvalue weighted by molar-refractivity contribution is -0.112. The maximum Gasteiger partial charge on any atom is 0.251 e. The fourth-order valence-electron chi connectivity index (χ4n) is 3.66. The molecule has 0 fully saturated rings. The number of amidine groups is 1. The summed E-state index contributed by atoms with van der Waals surface area (Å²) in [6, 6.07) is 22.7. The Labute approximate surface area is 227 Å². The van der Waals surface area contributed by atoms with Crippen LogP contribution in [-0.2, 0) is 15.6 Å². The summed E-state index contributed by atoms with van der Waals surface area (Å²) < 4.78 is 18.3. The van der Waals surface area contributed by atoms with Crippen molar-refractivity contribution in [2.24, 2.45) is 0 Å². The molecule has 198 valence electrons. The van der Waals surface area contributed by atoms with Crippen LogP contribution in [0.3, 0.4) is 0 Å². The minimum atomic E-state index is -1.42. The normalized spacial score (nSPS) is 11.9. The van der Waals surface area contributed by atoms with Crippen LogP contribution in [0.4, 0.5) is 5.69 Å². The largest absolute Gasteiger partial charge is 0.494 e. The molecule has 0 aliphatic heterocycles. The van der Waals surface area contributed by atoms with Crippen molar-refractivity contribution in [2.45, 2.75) is 32.1 Å². The SMILES string of the molecule is CCCOc1ccc(-c2cccc(/C=C(\C)C(=O)Nc3ccc(S(=O)CC(=N)N(C=N)CC)cc3)c2)cc1. The summed E-state index contributed by atoms with van der Waals surface area (Å²) in [5.74, 6) is 0.769. The highest BCUT2D eigenvalue weighted by Crippen LogP contribution is 2.24. The lowest BCUT2D eigenvalue weighted by atomic mass is 10.0. The first kappa shape index (κ1) is 28.5. The summed E-state index contributed by atoms with van der Waals surface area (Å²) >= 11 is 0. The molecule has 8 heteroatoms. The van der Waals surface area contributed by atoms with Crippen molar-refractivity contribution in [1.29, 1.82) is 10.8 Å². The molecule has 0 saturated carbocycles. The summed E-state index contributed by atoms with van der Waals surface area (Å²) in [5, 5.41) is 18.2.